The largest absolute Gasteiger partial charge is 0.325 e. The van der Waals surface area contributed by atoms with Gasteiger partial charge in [-0.2, -0.15) is 0 Å². The van der Waals surface area contributed by atoms with Crippen LogP contribution in [0.15, 0.2) is 54.6 Å². The van der Waals surface area contributed by atoms with Crippen molar-refractivity contribution < 1.29 is 14.4 Å². The Morgan fingerprint density at radius 3 is 2.44 bits per heavy atom. The van der Waals surface area contributed by atoms with Gasteiger partial charge in [-0.15, -0.1) is 0 Å². The molecule has 3 rings (SSSR count). The average molecular weight is 477 g/mol. The van der Waals surface area contributed by atoms with E-state index in [4.69, 9.17) is 0 Å². The quantitative estimate of drug-likeness (QED) is 0.496. The van der Waals surface area contributed by atoms with Crippen LogP contribution in [-0.2, 0) is 16.0 Å². The summed E-state index contributed by atoms with van der Waals surface area (Å²) in [5.41, 5.74) is 0.714. The third kappa shape index (κ3) is 4.65. The molecule has 0 aromatic heterocycles. The monoisotopic (exact) mass is 477 g/mol. The average Bonchev–Trinajstić information content (AvgIpc) is 2.86. The highest BCUT2D eigenvalue weighted by Crippen LogP contribution is 2.23. The zero-order valence-corrected chi connectivity index (χ0v) is 17.0. The predicted octanol–water partition coefficient (Wildman–Crippen LogP) is 3.17. The van der Waals surface area contributed by atoms with E-state index in [2.05, 4.69) is 33.2 Å². The summed E-state index contributed by atoms with van der Waals surface area (Å²) < 4.78 is 1.05. The summed E-state index contributed by atoms with van der Waals surface area (Å²) in [4.78, 5) is 38.2. The van der Waals surface area contributed by atoms with E-state index in [0.717, 1.165) is 14.0 Å². The van der Waals surface area contributed by atoms with Gasteiger partial charge in [0.15, 0.2) is 0 Å². The molecule has 27 heavy (non-hydrogen) atoms. The van der Waals surface area contributed by atoms with Crippen molar-refractivity contribution in [1.29, 1.82) is 0 Å². The first-order chi connectivity index (χ1) is 12.9. The Morgan fingerprint density at radius 2 is 1.78 bits per heavy atom. The molecular weight excluding hydrogens is 457 g/mol. The molecule has 1 aliphatic rings. The van der Waals surface area contributed by atoms with Crippen LogP contribution < -0.4 is 10.6 Å². The minimum atomic E-state index is -1.00. The lowest BCUT2D eigenvalue weighted by Gasteiger charge is -2.21. The molecule has 2 aromatic carbocycles. The summed E-state index contributed by atoms with van der Waals surface area (Å²) in [6.07, 6.45) is 1.13. The molecule has 0 radical (unpaired) electrons. The molecular formula is C20H20IN3O3. The van der Waals surface area contributed by atoms with Crippen molar-refractivity contribution in [1.82, 2.24) is 10.2 Å². The lowest BCUT2D eigenvalue weighted by molar-refractivity contribution is -0.133. The SMILES string of the molecule is CC1(CCc2ccccc2)NC(=O)N(CC(=O)Nc2ccc(I)cc2)C1=O. The second-order valence-electron chi connectivity index (χ2n) is 6.69. The molecule has 2 aromatic rings. The van der Waals surface area contributed by atoms with Gasteiger partial charge >= 0.3 is 6.03 Å². The highest BCUT2D eigenvalue weighted by atomic mass is 127. The summed E-state index contributed by atoms with van der Waals surface area (Å²) in [6, 6.07) is 16.5. The summed E-state index contributed by atoms with van der Waals surface area (Å²) in [5.74, 6) is -0.784. The Balaban J connectivity index is 1.61. The molecule has 2 N–H and O–H groups in total. The first kappa shape index (κ1) is 19.3. The number of rotatable bonds is 6. The van der Waals surface area contributed by atoms with Crippen molar-refractivity contribution in [2.75, 3.05) is 11.9 Å². The van der Waals surface area contributed by atoms with Crippen LogP contribution in [0.5, 0.6) is 0 Å². The number of amides is 4. The lowest BCUT2D eigenvalue weighted by atomic mass is 9.93. The minimum Gasteiger partial charge on any atom is -0.325 e. The normalized spacial score (nSPS) is 19.1. The molecule has 6 nitrogen and oxygen atoms in total. The number of urea groups is 1. The van der Waals surface area contributed by atoms with E-state index in [-0.39, 0.29) is 12.5 Å². The number of nitrogens with zero attached hydrogens (tertiary/aromatic N) is 1. The fraction of sp³-hybridized carbons (Fsp3) is 0.250. The van der Waals surface area contributed by atoms with Crippen LogP contribution in [0.1, 0.15) is 18.9 Å². The van der Waals surface area contributed by atoms with Crippen molar-refractivity contribution in [3.63, 3.8) is 0 Å². The topological polar surface area (TPSA) is 78.5 Å². The van der Waals surface area contributed by atoms with E-state index >= 15 is 0 Å². The van der Waals surface area contributed by atoms with Crippen molar-refractivity contribution in [3.8, 4) is 0 Å². The summed E-state index contributed by atoms with van der Waals surface area (Å²) in [5, 5.41) is 5.44. The van der Waals surface area contributed by atoms with Gasteiger partial charge in [0, 0.05) is 9.26 Å². The Bertz CT molecular complexity index is 855. The summed E-state index contributed by atoms with van der Waals surface area (Å²) in [7, 11) is 0. The van der Waals surface area contributed by atoms with Gasteiger partial charge in [-0.05, 0) is 72.2 Å². The molecule has 0 spiro atoms. The molecule has 0 aliphatic carbocycles. The highest BCUT2D eigenvalue weighted by molar-refractivity contribution is 14.1. The molecule has 0 saturated carbocycles. The molecule has 1 aliphatic heterocycles. The third-order valence-electron chi connectivity index (χ3n) is 4.53. The van der Waals surface area contributed by atoms with Crippen LogP contribution in [-0.4, -0.2) is 34.8 Å². The first-order valence-electron chi connectivity index (χ1n) is 8.61. The number of carbonyl (C=O) groups is 3. The van der Waals surface area contributed by atoms with Gasteiger partial charge in [-0.3, -0.25) is 14.5 Å². The number of hydrogen-bond acceptors (Lipinski definition) is 3. The van der Waals surface area contributed by atoms with Gasteiger partial charge in [0.1, 0.15) is 12.1 Å². The van der Waals surface area contributed by atoms with Crippen LogP contribution in [0.4, 0.5) is 10.5 Å². The zero-order chi connectivity index (χ0) is 19.4. The number of halogens is 1. The van der Waals surface area contributed by atoms with Crippen molar-refractivity contribution >= 4 is 46.1 Å². The lowest BCUT2D eigenvalue weighted by Crippen LogP contribution is -2.45. The molecule has 4 amide bonds. The van der Waals surface area contributed by atoms with E-state index in [1.807, 2.05) is 42.5 Å². The van der Waals surface area contributed by atoms with Crippen LogP contribution in [0.25, 0.3) is 0 Å². The molecule has 140 valence electrons. The number of imide groups is 1. The maximum Gasteiger partial charge on any atom is 0.325 e. The second-order valence-corrected chi connectivity index (χ2v) is 7.94. The molecule has 7 heteroatoms. The number of carbonyl (C=O) groups excluding carboxylic acids is 3. The minimum absolute atomic E-state index is 0.308. The second kappa shape index (κ2) is 8.08. The fourth-order valence-corrected chi connectivity index (χ4v) is 3.34. The third-order valence-corrected chi connectivity index (χ3v) is 5.25. The number of benzene rings is 2. The Morgan fingerprint density at radius 1 is 1.11 bits per heavy atom. The molecule has 1 atom stereocenters. The van der Waals surface area contributed by atoms with E-state index in [0.29, 0.717) is 18.5 Å². The van der Waals surface area contributed by atoms with Crippen LogP contribution in [0.2, 0.25) is 0 Å². The summed E-state index contributed by atoms with van der Waals surface area (Å²) >= 11 is 2.17. The van der Waals surface area contributed by atoms with E-state index in [9.17, 15) is 14.4 Å². The smallest absolute Gasteiger partial charge is 0.325 e. The van der Waals surface area contributed by atoms with Crippen molar-refractivity contribution in [3.05, 3.63) is 63.7 Å². The van der Waals surface area contributed by atoms with E-state index in [1.165, 1.54) is 0 Å². The van der Waals surface area contributed by atoms with Crippen LogP contribution >= 0.6 is 22.6 Å². The molecule has 1 heterocycles. The van der Waals surface area contributed by atoms with Gasteiger partial charge in [0.05, 0.1) is 0 Å². The number of nitrogens with one attached hydrogen (secondary N) is 2. The maximum atomic E-state index is 12.8. The van der Waals surface area contributed by atoms with Gasteiger partial charge < -0.3 is 10.6 Å². The molecule has 0 bridgehead atoms. The van der Waals surface area contributed by atoms with Gasteiger partial charge in [-0.1, -0.05) is 30.3 Å². The summed E-state index contributed by atoms with van der Waals surface area (Å²) in [6.45, 7) is 1.39. The highest BCUT2D eigenvalue weighted by Gasteiger charge is 2.47. The number of anilines is 1. The standard InChI is InChI=1S/C20H20IN3O3/c1-20(12-11-14-5-3-2-4-6-14)18(26)24(19(27)23-20)13-17(25)22-16-9-7-15(21)8-10-16/h2-10H,11-13H2,1H3,(H,22,25)(H,23,27). The van der Waals surface area contributed by atoms with Crippen LogP contribution in [0.3, 0.4) is 0 Å². The Kier molecular flexibility index (Phi) is 5.79. The predicted molar refractivity (Wildman–Crippen MR) is 111 cm³/mol. The van der Waals surface area contributed by atoms with Gasteiger partial charge in [-0.25, -0.2) is 4.79 Å². The van der Waals surface area contributed by atoms with Crippen molar-refractivity contribution in [2.45, 2.75) is 25.3 Å². The first-order valence-corrected chi connectivity index (χ1v) is 9.69. The van der Waals surface area contributed by atoms with Gasteiger partial charge in [0.25, 0.3) is 5.91 Å². The fourth-order valence-electron chi connectivity index (χ4n) is 2.98. The van der Waals surface area contributed by atoms with E-state index < -0.39 is 17.5 Å². The Hall–Kier alpha value is -2.42. The van der Waals surface area contributed by atoms with Gasteiger partial charge in [0.2, 0.25) is 5.91 Å². The Labute approximate surface area is 171 Å². The van der Waals surface area contributed by atoms with Crippen molar-refractivity contribution in [2.24, 2.45) is 0 Å². The number of aryl methyl sites for hydroxylation is 1. The zero-order valence-electron chi connectivity index (χ0n) is 14.9. The van der Waals surface area contributed by atoms with Crippen LogP contribution in [0, 0.1) is 3.57 Å². The number of hydrogen-bond donors (Lipinski definition) is 2. The maximum absolute atomic E-state index is 12.8. The van der Waals surface area contributed by atoms with E-state index in [1.54, 1.807) is 19.1 Å². The molecule has 1 saturated heterocycles. The molecule has 1 fully saturated rings. The molecule has 1 unspecified atom stereocenters.